The van der Waals surface area contributed by atoms with Gasteiger partial charge in [0.1, 0.15) is 6.54 Å². The van der Waals surface area contributed by atoms with Crippen LogP contribution in [-0.2, 0) is 29.1 Å². The van der Waals surface area contributed by atoms with Gasteiger partial charge in [-0.15, -0.1) is 0 Å². The number of hydrogen-bond donors (Lipinski definition) is 2. The molecule has 0 saturated carbocycles. The molecule has 0 fully saturated rings. The van der Waals surface area contributed by atoms with E-state index in [1.165, 1.54) is 13.0 Å². The Morgan fingerprint density at radius 2 is 1.60 bits per heavy atom. The number of benzene rings is 3. The van der Waals surface area contributed by atoms with E-state index in [1.807, 2.05) is 32.0 Å². The van der Waals surface area contributed by atoms with Gasteiger partial charge in [-0.05, 0) is 49.4 Å². The van der Waals surface area contributed by atoms with Crippen LogP contribution in [0.1, 0.15) is 18.1 Å². The smallest absolute Gasteiger partial charge is 0.327 e. The van der Waals surface area contributed by atoms with E-state index in [-0.39, 0.29) is 11.4 Å². The second-order valence-corrected chi connectivity index (χ2v) is 10.1. The fraction of sp³-hybridized carbons (Fsp3) is 0.240. The van der Waals surface area contributed by atoms with Crippen molar-refractivity contribution in [3.8, 4) is 0 Å². The molecule has 10 heteroatoms. The van der Waals surface area contributed by atoms with Crippen LogP contribution in [0, 0.1) is 13.8 Å². The maximum absolute atomic E-state index is 13.0. The highest BCUT2D eigenvalue weighted by Crippen LogP contribution is 2.41. The Balaban J connectivity index is 1.35. The standard InChI is InChI=1S/C25H25N3O6S/c1-15-7-4-8-16(2)24(15)27-21(29)13-26-25(31)17(3)34-22(30)14-28-19-11-5-9-18-10-6-12-20(23(18)19)35(28,32)33/h4-12,17H,13-14H2,1-3H3,(H,26,31)(H,27,29). The summed E-state index contributed by atoms with van der Waals surface area (Å²) >= 11 is 0. The molecule has 1 heterocycles. The Hall–Kier alpha value is -3.92. The van der Waals surface area contributed by atoms with Gasteiger partial charge in [-0.3, -0.25) is 18.7 Å². The lowest BCUT2D eigenvalue weighted by molar-refractivity contribution is -0.153. The Morgan fingerprint density at radius 3 is 2.29 bits per heavy atom. The van der Waals surface area contributed by atoms with Crippen molar-refractivity contribution in [1.29, 1.82) is 0 Å². The van der Waals surface area contributed by atoms with Crippen molar-refractivity contribution in [3.05, 3.63) is 65.7 Å². The Morgan fingerprint density at radius 1 is 0.971 bits per heavy atom. The molecule has 3 aromatic carbocycles. The fourth-order valence-corrected chi connectivity index (χ4v) is 5.69. The molecule has 0 spiro atoms. The van der Waals surface area contributed by atoms with Crippen LogP contribution >= 0.6 is 0 Å². The zero-order valence-corrected chi connectivity index (χ0v) is 20.3. The minimum Gasteiger partial charge on any atom is -0.451 e. The Bertz CT molecular complexity index is 1430. The van der Waals surface area contributed by atoms with Crippen LogP contribution in [0.25, 0.3) is 10.8 Å². The number of hydrogen-bond acceptors (Lipinski definition) is 6. The fourth-order valence-electron chi connectivity index (χ4n) is 4.04. The zero-order valence-electron chi connectivity index (χ0n) is 19.5. The first-order valence-corrected chi connectivity index (χ1v) is 12.4. The number of rotatable bonds is 7. The highest BCUT2D eigenvalue weighted by atomic mass is 32.2. The number of aryl methyl sites for hydroxylation is 2. The summed E-state index contributed by atoms with van der Waals surface area (Å²) in [5.41, 5.74) is 2.84. The van der Waals surface area contributed by atoms with Gasteiger partial charge in [0.15, 0.2) is 6.10 Å². The van der Waals surface area contributed by atoms with Gasteiger partial charge < -0.3 is 15.4 Å². The summed E-state index contributed by atoms with van der Waals surface area (Å²) in [7, 11) is -3.93. The molecule has 1 atom stereocenters. The molecule has 9 nitrogen and oxygen atoms in total. The van der Waals surface area contributed by atoms with Gasteiger partial charge in [0.25, 0.3) is 15.9 Å². The third-order valence-electron chi connectivity index (χ3n) is 5.80. The highest BCUT2D eigenvalue weighted by molar-refractivity contribution is 7.93. The average molecular weight is 496 g/mol. The third kappa shape index (κ3) is 4.69. The summed E-state index contributed by atoms with van der Waals surface area (Å²) in [5.74, 6) is -1.99. The summed E-state index contributed by atoms with van der Waals surface area (Å²) < 4.78 is 32.1. The van der Waals surface area contributed by atoms with E-state index in [4.69, 9.17) is 4.74 Å². The molecule has 182 valence electrons. The molecule has 3 aromatic rings. The number of nitrogens with zero attached hydrogens (tertiary/aromatic N) is 1. The number of ether oxygens (including phenoxy) is 1. The third-order valence-corrected chi connectivity index (χ3v) is 7.60. The molecule has 0 aliphatic carbocycles. The van der Waals surface area contributed by atoms with E-state index < -0.39 is 40.5 Å². The Kier molecular flexibility index (Phi) is 6.49. The van der Waals surface area contributed by atoms with Crippen molar-refractivity contribution < 1.29 is 27.5 Å². The number of amides is 2. The monoisotopic (exact) mass is 495 g/mol. The lowest BCUT2D eigenvalue weighted by Gasteiger charge is -2.19. The molecule has 1 aliphatic rings. The predicted octanol–water partition coefficient (Wildman–Crippen LogP) is 2.65. The number of sulfonamides is 1. The van der Waals surface area contributed by atoms with Crippen LogP contribution in [0.5, 0.6) is 0 Å². The highest BCUT2D eigenvalue weighted by Gasteiger charge is 2.37. The van der Waals surface area contributed by atoms with Gasteiger partial charge in [0.05, 0.1) is 17.1 Å². The summed E-state index contributed by atoms with van der Waals surface area (Å²) in [5, 5.41) is 6.47. The maximum Gasteiger partial charge on any atom is 0.327 e. The lowest BCUT2D eigenvalue weighted by atomic mass is 10.1. The van der Waals surface area contributed by atoms with Gasteiger partial charge in [-0.2, -0.15) is 0 Å². The van der Waals surface area contributed by atoms with Crippen molar-refractivity contribution >= 4 is 50.0 Å². The van der Waals surface area contributed by atoms with E-state index in [2.05, 4.69) is 10.6 Å². The van der Waals surface area contributed by atoms with Crippen molar-refractivity contribution in [3.63, 3.8) is 0 Å². The van der Waals surface area contributed by atoms with E-state index in [9.17, 15) is 22.8 Å². The zero-order chi connectivity index (χ0) is 25.3. The molecule has 0 bridgehead atoms. The van der Waals surface area contributed by atoms with Gasteiger partial charge >= 0.3 is 5.97 Å². The number of nitrogens with one attached hydrogen (secondary N) is 2. The number of carbonyl (C=O) groups is 3. The maximum atomic E-state index is 13.0. The summed E-state index contributed by atoms with van der Waals surface area (Å²) in [4.78, 5) is 37.3. The quantitative estimate of drug-likeness (QED) is 0.486. The minimum atomic E-state index is -3.93. The van der Waals surface area contributed by atoms with E-state index in [0.29, 0.717) is 16.8 Å². The number of para-hydroxylation sites is 1. The first kappa shape index (κ1) is 24.2. The number of esters is 1. The van der Waals surface area contributed by atoms with Crippen LogP contribution in [0.4, 0.5) is 11.4 Å². The molecule has 0 saturated heterocycles. The van der Waals surface area contributed by atoms with E-state index >= 15 is 0 Å². The summed E-state index contributed by atoms with van der Waals surface area (Å²) in [6.07, 6.45) is -1.22. The van der Waals surface area contributed by atoms with E-state index in [0.717, 1.165) is 20.8 Å². The minimum absolute atomic E-state index is 0.124. The number of anilines is 2. The average Bonchev–Trinajstić information content (AvgIpc) is 3.03. The van der Waals surface area contributed by atoms with Gasteiger partial charge in [0, 0.05) is 11.1 Å². The van der Waals surface area contributed by atoms with Crippen LogP contribution in [0.15, 0.2) is 59.5 Å². The first-order chi connectivity index (χ1) is 16.6. The first-order valence-electron chi connectivity index (χ1n) is 11.0. The second-order valence-electron chi connectivity index (χ2n) is 8.31. The summed E-state index contributed by atoms with van der Waals surface area (Å²) in [6.45, 7) is 4.18. The van der Waals surface area contributed by atoms with Crippen molar-refractivity contribution in [2.75, 3.05) is 22.7 Å². The molecule has 1 aliphatic heterocycles. The van der Waals surface area contributed by atoms with Crippen molar-refractivity contribution in [2.45, 2.75) is 31.8 Å². The SMILES string of the molecule is Cc1cccc(C)c1NC(=O)CNC(=O)C(C)OC(=O)CN1c2cccc3cccc(c23)S1(=O)=O. The molecule has 0 radical (unpaired) electrons. The molecule has 1 unspecified atom stereocenters. The molecule has 4 rings (SSSR count). The molecule has 2 N–H and O–H groups in total. The largest absolute Gasteiger partial charge is 0.451 e. The summed E-state index contributed by atoms with van der Waals surface area (Å²) in [6, 6.07) is 15.7. The molecule has 0 aromatic heterocycles. The van der Waals surface area contributed by atoms with Gasteiger partial charge in [0.2, 0.25) is 5.91 Å². The Labute approximate surface area is 203 Å². The van der Waals surface area contributed by atoms with Crippen LogP contribution < -0.4 is 14.9 Å². The topological polar surface area (TPSA) is 122 Å². The van der Waals surface area contributed by atoms with Crippen LogP contribution in [0.3, 0.4) is 0 Å². The van der Waals surface area contributed by atoms with Gasteiger partial charge in [-0.1, -0.05) is 42.5 Å². The van der Waals surface area contributed by atoms with Crippen LogP contribution in [-0.4, -0.2) is 45.4 Å². The molecule has 2 amide bonds. The lowest BCUT2D eigenvalue weighted by Crippen LogP contribution is -2.42. The van der Waals surface area contributed by atoms with Crippen molar-refractivity contribution in [1.82, 2.24) is 5.32 Å². The predicted molar refractivity (Wildman–Crippen MR) is 132 cm³/mol. The number of carbonyl (C=O) groups excluding carboxylic acids is 3. The van der Waals surface area contributed by atoms with E-state index in [1.54, 1.807) is 30.3 Å². The molecular formula is C25H25N3O6S. The molecule has 35 heavy (non-hydrogen) atoms. The van der Waals surface area contributed by atoms with Crippen LogP contribution in [0.2, 0.25) is 0 Å². The second kappa shape index (κ2) is 9.38. The van der Waals surface area contributed by atoms with Crippen molar-refractivity contribution in [2.24, 2.45) is 0 Å². The van der Waals surface area contributed by atoms with Gasteiger partial charge in [-0.25, -0.2) is 8.42 Å². The molecular weight excluding hydrogens is 470 g/mol. The normalized spacial score (nSPS) is 14.4.